The maximum atomic E-state index is 9.93. The van der Waals surface area contributed by atoms with Crippen LogP contribution >= 0.6 is 35.3 Å². The Hall–Kier alpha value is -4.11. The van der Waals surface area contributed by atoms with Gasteiger partial charge in [0.1, 0.15) is 0 Å². The lowest BCUT2D eigenvalue weighted by atomic mass is 9.99. The van der Waals surface area contributed by atoms with E-state index in [4.69, 9.17) is 5.11 Å². The summed E-state index contributed by atoms with van der Waals surface area (Å²) in [6, 6.07) is 41.3. The monoisotopic (exact) mass is 839 g/mol. The summed E-state index contributed by atoms with van der Waals surface area (Å²) in [6.45, 7) is 26.1. The van der Waals surface area contributed by atoms with Gasteiger partial charge in [-0.15, -0.1) is 0 Å². The fourth-order valence-electron chi connectivity index (χ4n) is 4.29. The molecule has 0 aliphatic carbocycles. The van der Waals surface area contributed by atoms with Crippen molar-refractivity contribution in [3.8, 4) is 0 Å². The Morgan fingerprint density at radius 2 is 0.793 bits per heavy atom. The number of carboxylic acid groups (broad SMARTS) is 1. The van der Waals surface area contributed by atoms with Gasteiger partial charge >= 0.3 is 5.97 Å². The zero-order chi connectivity index (χ0) is 43.4. The van der Waals surface area contributed by atoms with Gasteiger partial charge in [0.15, 0.2) is 15.5 Å². The maximum Gasteiger partial charge on any atom is 0.306 e. The van der Waals surface area contributed by atoms with E-state index in [2.05, 4.69) is 137 Å². The van der Waals surface area contributed by atoms with Gasteiger partial charge in [-0.1, -0.05) is 244 Å². The van der Waals surface area contributed by atoms with E-state index in [-0.39, 0.29) is 5.92 Å². The first-order chi connectivity index (χ1) is 28.0. The Labute approximate surface area is 365 Å². The van der Waals surface area contributed by atoms with Crippen LogP contribution in [0.4, 0.5) is 0 Å². The fourth-order valence-corrected chi connectivity index (χ4v) is 6.14. The molecule has 0 spiro atoms. The zero-order valence-electron chi connectivity index (χ0n) is 36.5. The van der Waals surface area contributed by atoms with Crippen LogP contribution in [0.25, 0.3) is 12.2 Å². The van der Waals surface area contributed by atoms with Crippen molar-refractivity contribution < 1.29 is 9.90 Å². The van der Waals surface area contributed by atoms with E-state index in [1.165, 1.54) is 35.1 Å². The van der Waals surface area contributed by atoms with Crippen LogP contribution in [0.1, 0.15) is 116 Å². The van der Waals surface area contributed by atoms with Gasteiger partial charge in [-0.2, -0.15) is 15.0 Å². The van der Waals surface area contributed by atoms with E-state index in [0.29, 0.717) is 11.8 Å². The molecule has 3 unspecified atom stereocenters. The van der Waals surface area contributed by atoms with Crippen LogP contribution in [0.2, 0.25) is 0 Å². The van der Waals surface area contributed by atoms with Crippen molar-refractivity contribution in [2.24, 2.45) is 5.92 Å². The Morgan fingerprint density at radius 1 is 0.517 bits per heavy atom. The fraction of sp³-hybridized carbons (Fsp3) is 0.360. The van der Waals surface area contributed by atoms with Crippen molar-refractivity contribution in [1.29, 1.82) is 0 Å². The summed E-state index contributed by atoms with van der Waals surface area (Å²) < 4.78 is 0. The molecule has 8 heteroatoms. The quantitative estimate of drug-likeness (QED) is 0.111. The first-order valence-corrected chi connectivity index (χ1v) is 23.3. The molecule has 1 N–H and O–H groups in total. The van der Waals surface area contributed by atoms with Crippen LogP contribution in [0, 0.1) is 5.92 Å². The normalized spacial score (nSPS) is 11.2. The van der Waals surface area contributed by atoms with E-state index in [1.54, 1.807) is 42.2 Å². The van der Waals surface area contributed by atoms with E-state index >= 15 is 0 Å². The molecule has 0 radical (unpaired) electrons. The number of thioether (sulfide) groups is 3. The second-order valence-electron chi connectivity index (χ2n) is 12.8. The molecule has 0 saturated carbocycles. The molecular weight excluding hydrogens is 771 g/mol. The van der Waals surface area contributed by atoms with Crippen molar-refractivity contribution in [3.63, 3.8) is 0 Å². The molecule has 0 saturated heterocycles. The number of aromatic nitrogens is 3. The molecule has 314 valence electrons. The molecule has 1 heterocycles. The van der Waals surface area contributed by atoms with Crippen LogP contribution < -0.4 is 0 Å². The number of carboxylic acids is 1. The van der Waals surface area contributed by atoms with Gasteiger partial charge in [0, 0.05) is 0 Å². The summed E-state index contributed by atoms with van der Waals surface area (Å²) in [4.78, 5) is 23.1. The van der Waals surface area contributed by atoms with Crippen LogP contribution in [0.3, 0.4) is 0 Å². The molecule has 0 aliphatic rings. The van der Waals surface area contributed by atoms with E-state index < -0.39 is 5.97 Å². The topological polar surface area (TPSA) is 76.0 Å². The minimum Gasteiger partial charge on any atom is -0.481 e. The van der Waals surface area contributed by atoms with Crippen LogP contribution in [-0.2, 0) is 4.79 Å². The highest BCUT2D eigenvalue weighted by molar-refractivity contribution is 8.00. The highest BCUT2D eigenvalue weighted by Crippen LogP contribution is 2.22. The number of carbonyl (C=O) groups is 1. The highest BCUT2D eigenvalue weighted by Gasteiger charge is 2.07. The summed E-state index contributed by atoms with van der Waals surface area (Å²) in [5, 5.41) is 10.7. The number of nitrogens with zero attached hydrogens (tertiary/aromatic N) is 3. The summed E-state index contributed by atoms with van der Waals surface area (Å²) in [5.74, 6) is 3.52. The lowest BCUT2D eigenvalue weighted by Gasteiger charge is -2.06. The Bertz CT molecular complexity index is 1580. The minimum atomic E-state index is -0.706. The van der Waals surface area contributed by atoms with Gasteiger partial charge in [0.25, 0.3) is 0 Å². The van der Waals surface area contributed by atoms with Crippen molar-refractivity contribution >= 4 is 53.4 Å². The van der Waals surface area contributed by atoms with Gasteiger partial charge in [-0.25, -0.2) is 0 Å². The third kappa shape index (κ3) is 26.7. The SMILES string of the molecule is C=Cc1ccccc1.C=Cc1ccccc1.CCC(C)C(=O)O.CCC(C)c1ccccc1.CCC(C)c1ccccc1.CCSc1nc(SCC)nc(SCC)n1. The molecule has 5 nitrogen and oxygen atoms in total. The van der Waals surface area contributed by atoms with Crippen molar-refractivity contribution in [2.45, 2.75) is 109 Å². The Kier molecular flexibility index (Phi) is 33.5. The second kappa shape index (κ2) is 36.0. The van der Waals surface area contributed by atoms with Gasteiger partial charge < -0.3 is 5.11 Å². The second-order valence-corrected chi connectivity index (χ2v) is 16.5. The molecule has 0 bridgehead atoms. The number of hydrogen-bond acceptors (Lipinski definition) is 7. The van der Waals surface area contributed by atoms with E-state index in [0.717, 1.165) is 39.1 Å². The Balaban J connectivity index is 0.000000686. The van der Waals surface area contributed by atoms with Crippen LogP contribution in [-0.4, -0.2) is 43.3 Å². The zero-order valence-corrected chi connectivity index (χ0v) is 39.0. The highest BCUT2D eigenvalue weighted by atomic mass is 32.2. The first-order valence-electron chi connectivity index (χ1n) is 20.3. The largest absolute Gasteiger partial charge is 0.481 e. The molecule has 0 fully saturated rings. The molecule has 5 aromatic rings. The van der Waals surface area contributed by atoms with Crippen molar-refractivity contribution in [2.75, 3.05) is 17.3 Å². The van der Waals surface area contributed by atoms with E-state index in [1.807, 2.05) is 79.7 Å². The molecule has 0 aliphatic heterocycles. The van der Waals surface area contributed by atoms with Crippen molar-refractivity contribution in [3.05, 3.63) is 157 Å². The average molecular weight is 840 g/mol. The summed E-state index contributed by atoms with van der Waals surface area (Å²) >= 11 is 5.00. The van der Waals surface area contributed by atoms with Gasteiger partial charge in [0.05, 0.1) is 5.92 Å². The average Bonchev–Trinajstić information content (AvgIpc) is 3.28. The summed E-state index contributed by atoms with van der Waals surface area (Å²) in [7, 11) is 0. The summed E-state index contributed by atoms with van der Waals surface area (Å²) in [5.41, 5.74) is 5.25. The van der Waals surface area contributed by atoms with Gasteiger partial charge in [0.2, 0.25) is 0 Å². The minimum absolute atomic E-state index is 0.181. The molecule has 1 aromatic heterocycles. The predicted molar refractivity (Wildman–Crippen MR) is 259 cm³/mol. The lowest BCUT2D eigenvalue weighted by Crippen LogP contribution is -2.06. The third-order valence-electron chi connectivity index (χ3n) is 8.46. The molecule has 58 heavy (non-hydrogen) atoms. The molecule has 5 rings (SSSR count). The third-order valence-corrected chi connectivity index (χ3v) is 10.6. The number of aliphatic carboxylic acids is 1. The standard InChI is InChI=1S/2C10H14.C9H15N3S3.2C8H8.C5H10O2/c2*1-3-9(2)10-7-5-4-6-8-10;1-4-13-7-10-8(14-5-2)12-9(11-7)15-6-3;2*1-2-8-6-4-3-5-7-8;1-3-4(2)5(6)7/h2*4-9H,3H2,1-2H3;4-6H2,1-3H3;2*2-7H,1H2;4H,3H2,1-2H3,(H,6,7). The Morgan fingerprint density at radius 3 is 0.966 bits per heavy atom. The van der Waals surface area contributed by atoms with E-state index in [9.17, 15) is 4.79 Å². The lowest BCUT2D eigenvalue weighted by molar-refractivity contribution is -0.141. The predicted octanol–water partition coefficient (Wildman–Crippen LogP) is 15.4. The molecular formula is C50H69N3O2S3. The van der Waals surface area contributed by atoms with Crippen molar-refractivity contribution in [1.82, 2.24) is 15.0 Å². The number of rotatable bonds is 14. The number of benzene rings is 4. The van der Waals surface area contributed by atoms with Gasteiger partial charge in [-0.3, -0.25) is 4.79 Å². The molecule has 4 aromatic carbocycles. The van der Waals surface area contributed by atoms with Crippen LogP contribution in [0.5, 0.6) is 0 Å². The smallest absolute Gasteiger partial charge is 0.306 e. The molecule has 0 amide bonds. The number of hydrogen-bond donors (Lipinski definition) is 1. The van der Waals surface area contributed by atoms with Crippen LogP contribution in [0.15, 0.2) is 150 Å². The van der Waals surface area contributed by atoms with Gasteiger partial charge in [-0.05, 0) is 70.6 Å². The molecule has 3 atom stereocenters. The maximum absolute atomic E-state index is 9.93. The first kappa shape index (κ1) is 53.9. The summed E-state index contributed by atoms with van der Waals surface area (Å²) in [6.07, 6.45) is 6.84.